The van der Waals surface area contributed by atoms with Gasteiger partial charge in [-0.15, -0.1) is 0 Å². The molecule has 1 aromatic carbocycles. The summed E-state index contributed by atoms with van der Waals surface area (Å²) in [5, 5.41) is 10.4. The van der Waals surface area contributed by atoms with Crippen LogP contribution in [0.2, 0.25) is 0 Å². The molecule has 3 nitrogen and oxygen atoms in total. The average Bonchev–Trinajstić information content (AvgIpc) is 2.84. The predicted octanol–water partition coefficient (Wildman–Crippen LogP) is 2.41. The van der Waals surface area contributed by atoms with Crippen LogP contribution in [0.4, 0.5) is 0 Å². The molecule has 112 valence electrons. The van der Waals surface area contributed by atoms with Crippen LogP contribution in [-0.4, -0.2) is 35.2 Å². The van der Waals surface area contributed by atoms with Crippen LogP contribution >= 0.6 is 0 Å². The van der Waals surface area contributed by atoms with Crippen molar-refractivity contribution in [2.75, 3.05) is 0 Å². The van der Waals surface area contributed by atoms with Crippen LogP contribution < -0.4 is 4.46 Å². The standard InChI is InChI=1S/C17H22N2OSe/c1-12-8-13(2)16(14(3)9-12)21-10-15(17(4,5)20)19-7-6-18-11-19/h6-11,20H,1-5H3/b15-10-. The zero-order chi connectivity index (χ0) is 15.6. The van der Waals surface area contributed by atoms with E-state index < -0.39 is 5.60 Å². The summed E-state index contributed by atoms with van der Waals surface area (Å²) >= 11 is 0.168. The van der Waals surface area contributed by atoms with Crippen molar-refractivity contribution >= 4 is 25.1 Å². The summed E-state index contributed by atoms with van der Waals surface area (Å²) in [6.45, 7) is 10.1. The van der Waals surface area contributed by atoms with Crippen molar-refractivity contribution in [3.8, 4) is 0 Å². The summed E-state index contributed by atoms with van der Waals surface area (Å²) in [6.07, 6.45) is 5.33. The van der Waals surface area contributed by atoms with E-state index in [1.807, 2.05) is 24.6 Å². The number of hydrogen-bond acceptors (Lipinski definition) is 2. The second kappa shape index (κ2) is 6.18. The van der Waals surface area contributed by atoms with Gasteiger partial charge < -0.3 is 0 Å². The Hall–Kier alpha value is -1.35. The molecule has 0 radical (unpaired) electrons. The van der Waals surface area contributed by atoms with E-state index in [-0.39, 0.29) is 15.0 Å². The van der Waals surface area contributed by atoms with Crippen LogP contribution in [0.25, 0.3) is 5.70 Å². The average molecular weight is 349 g/mol. The van der Waals surface area contributed by atoms with Gasteiger partial charge in [0.15, 0.2) is 0 Å². The Bertz CT molecular complexity index is 629. The Kier molecular flexibility index (Phi) is 4.72. The molecule has 0 saturated carbocycles. The number of aromatic nitrogens is 2. The summed E-state index contributed by atoms with van der Waals surface area (Å²) in [7, 11) is 0. The molecule has 21 heavy (non-hydrogen) atoms. The fraction of sp³-hybridized carbons (Fsp3) is 0.353. The molecule has 0 amide bonds. The van der Waals surface area contributed by atoms with E-state index in [2.05, 4.69) is 42.9 Å². The molecule has 1 N–H and O–H groups in total. The second-order valence-corrected chi connectivity index (χ2v) is 7.72. The van der Waals surface area contributed by atoms with E-state index >= 15 is 0 Å². The molecule has 0 saturated heterocycles. The zero-order valence-electron chi connectivity index (χ0n) is 13.2. The third-order valence-electron chi connectivity index (χ3n) is 3.30. The molecule has 2 rings (SSSR count). The van der Waals surface area contributed by atoms with E-state index in [0.717, 1.165) is 5.70 Å². The van der Waals surface area contributed by atoms with Crippen LogP contribution in [-0.2, 0) is 0 Å². The molecule has 0 aliphatic heterocycles. The Morgan fingerprint density at radius 3 is 2.33 bits per heavy atom. The molecule has 0 bridgehead atoms. The van der Waals surface area contributed by atoms with Crippen molar-refractivity contribution in [1.82, 2.24) is 9.55 Å². The van der Waals surface area contributed by atoms with Gasteiger partial charge in [-0.3, -0.25) is 0 Å². The molecular weight excluding hydrogens is 327 g/mol. The van der Waals surface area contributed by atoms with Crippen molar-refractivity contribution in [2.45, 2.75) is 40.2 Å². The molecule has 4 heteroatoms. The zero-order valence-corrected chi connectivity index (χ0v) is 14.9. The fourth-order valence-corrected chi connectivity index (χ4v) is 4.76. The monoisotopic (exact) mass is 350 g/mol. The maximum atomic E-state index is 10.4. The van der Waals surface area contributed by atoms with Crippen LogP contribution in [0.1, 0.15) is 30.5 Å². The SMILES string of the molecule is Cc1cc(C)c([Se]/C=C(\n2ccnc2)C(C)(C)O)c(C)c1. The Morgan fingerprint density at radius 2 is 1.86 bits per heavy atom. The van der Waals surface area contributed by atoms with Crippen LogP contribution in [0.15, 0.2) is 35.8 Å². The number of benzene rings is 1. The Morgan fingerprint density at radius 1 is 1.24 bits per heavy atom. The molecule has 0 spiro atoms. The van der Waals surface area contributed by atoms with Crippen molar-refractivity contribution in [1.29, 1.82) is 0 Å². The molecule has 0 fully saturated rings. The van der Waals surface area contributed by atoms with Crippen molar-refractivity contribution in [3.63, 3.8) is 0 Å². The van der Waals surface area contributed by atoms with Gasteiger partial charge in [-0.25, -0.2) is 0 Å². The molecule has 2 aromatic rings. The van der Waals surface area contributed by atoms with E-state index in [9.17, 15) is 5.11 Å². The third-order valence-corrected chi connectivity index (χ3v) is 5.86. The van der Waals surface area contributed by atoms with Gasteiger partial charge >= 0.3 is 133 Å². The summed E-state index contributed by atoms with van der Waals surface area (Å²) in [6, 6.07) is 4.44. The first kappa shape index (κ1) is 16.0. The number of rotatable bonds is 4. The summed E-state index contributed by atoms with van der Waals surface area (Å²) in [5.41, 5.74) is 3.92. The topological polar surface area (TPSA) is 38.0 Å². The fourth-order valence-electron chi connectivity index (χ4n) is 2.39. The summed E-state index contributed by atoms with van der Waals surface area (Å²) in [5.74, 6) is 0. The first-order chi connectivity index (χ1) is 9.79. The van der Waals surface area contributed by atoms with Crippen molar-refractivity contribution in [3.05, 3.63) is 52.5 Å². The number of nitrogens with zero attached hydrogens (tertiary/aromatic N) is 2. The first-order valence-electron chi connectivity index (χ1n) is 6.95. The quantitative estimate of drug-likeness (QED) is 0.861. The van der Waals surface area contributed by atoms with Crippen LogP contribution in [0.5, 0.6) is 0 Å². The van der Waals surface area contributed by atoms with Crippen molar-refractivity contribution < 1.29 is 5.11 Å². The van der Waals surface area contributed by atoms with Gasteiger partial charge in [0.25, 0.3) is 0 Å². The number of hydrogen-bond donors (Lipinski definition) is 1. The molecule has 1 aromatic heterocycles. The minimum absolute atomic E-state index is 0.168. The van der Waals surface area contributed by atoms with Gasteiger partial charge in [-0.1, -0.05) is 0 Å². The predicted molar refractivity (Wildman–Crippen MR) is 88.8 cm³/mol. The van der Waals surface area contributed by atoms with Gasteiger partial charge in [0.2, 0.25) is 0 Å². The van der Waals surface area contributed by atoms with Crippen molar-refractivity contribution in [2.24, 2.45) is 0 Å². The maximum absolute atomic E-state index is 10.4. The van der Waals surface area contributed by atoms with Gasteiger partial charge in [-0.2, -0.15) is 0 Å². The Balaban J connectivity index is 2.38. The van der Waals surface area contributed by atoms with E-state index in [4.69, 9.17) is 0 Å². The normalized spacial score (nSPS) is 12.8. The summed E-state index contributed by atoms with van der Waals surface area (Å²) < 4.78 is 3.27. The first-order valence-corrected chi connectivity index (χ1v) is 8.79. The van der Waals surface area contributed by atoms with Crippen LogP contribution in [0.3, 0.4) is 0 Å². The van der Waals surface area contributed by atoms with E-state index in [1.54, 1.807) is 12.5 Å². The second-order valence-electron chi connectivity index (χ2n) is 5.88. The van der Waals surface area contributed by atoms with Gasteiger partial charge in [-0.05, 0) is 0 Å². The van der Waals surface area contributed by atoms with Gasteiger partial charge in [0.05, 0.1) is 0 Å². The minimum atomic E-state index is -0.894. The molecule has 1 heterocycles. The number of aliphatic hydroxyl groups is 1. The van der Waals surface area contributed by atoms with E-state index in [1.165, 1.54) is 21.2 Å². The Labute approximate surface area is 132 Å². The number of imidazole rings is 1. The van der Waals surface area contributed by atoms with Crippen LogP contribution in [0, 0.1) is 20.8 Å². The summed E-state index contributed by atoms with van der Waals surface area (Å²) in [4.78, 5) is 6.23. The molecule has 0 atom stereocenters. The molecular formula is C17H22N2OSe. The van der Waals surface area contributed by atoms with Gasteiger partial charge in [0, 0.05) is 0 Å². The molecule has 0 unspecified atom stereocenters. The third kappa shape index (κ3) is 3.85. The number of aryl methyl sites for hydroxylation is 3. The molecule has 0 aliphatic rings. The molecule has 0 aliphatic carbocycles. The van der Waals surface area contributed by atoms with Gasteiger partial charge in [0.1, 0.15) is 0 Å². The van der Waals surface area contributed by atoms with E-state index in [0.29, 0.717) is 0 Å².